The van der Waals surface area contributed by atoms with Crippen molar-refractivity contribution in [1.29, 1.82) is 0 Å². The number of rotatable bonds is 4. The number of hydrogen-bond acceptors (Lipinski definition) is 3. The first kappa shape index (κ1) is 13.9. The maximum Gasteiger partial charge on any atom is 0.0476 e. The summed E-state index contributed by atoms with van der Waals surface area (Å²) in [7, 11) is 0. The van der Waals surface area contributed by atoms with E-state index in [0.717, 1.165) is 13.1 Å². The molecule has 0 aromatic heterocycles. The third-order valence-electron chi connectivity index (χ3n) is 3.70. The van der Waals surface area contributed by atoms with Gasteiger partial charge in [-0.3, -0.25) is 4.90 Å². The minimum atomic E-state index is 0.518. The van der Waals surface area contributed by atoms with E-state index in [2.05, 4.69) is 60.7 Å². The molecule has 3 atom stereocenters. The maximum absolute atomic E-state index is 3.61. The third kappa shape index (κ3) is 3.28. The van der Waals surface area contributed by atoms with Crippen LogP contribution >= 0.6 is 11.8 Å². The molecule has 1 N–H and O–H groups in total. The fraction of sp³-hybridized carbons (Fsp3) is 0.600. The Morgan fingerprint density at radius 1 is 1.39 bits per heavy atom. The number of thioether (sulfide) groups is 1. The van der Waals surface area contributed by atoms with E-state index in [1.165, 1.54) is 11.3 Å². The molecule has 0 amide bonds. The lowest BCUT2D eigenvalue weighted by atomic mass is 10.00. The Labute approximate surface area is 115 Å². The lowest BCUT2D eigenvalue weighted by Crippen LogP contribution is -2.54. The first-order valence-electron chi connectivity index (χ1n) is 6.75. The van der Waals surface area contributed by atoms with Crippen molar-refractivity contribution < 1.29 is 0 Å². The zero-order chi connectivity index (χ0) is 13.0. The molecule has 0 spiro atoms. The van der Waals surface area contributed by atoms with Gasteiger partial charge in [-0.15, -0.1) is 0 Å². The first-order valence-corrected chi connectivity index (χ1v) is 8.14. The second-order valence-electron chi connectivity index (χ2n) is 5.24. The topological polar surface area (TPSA) is 15.3 Å². The Hall–Kier alpha value is -0.510. The molecule has 3 unspecified atom stereocenters. The van der Waals surface area contributed by atoms with E-state index in [4.69, 9.17) is 0 Å². The quantitative estimate of drug-likeness (QED) is 0.900. The molecule has 18 heavy (non-hydrogen) atoms. The predicted octanol–water partition coefficient (Wildman–Crippen LogP) is 2.77. The Bertz CT molecular complexity index is 355. The van der Waals surface area contributed by atoms with Gasteiger partial charge in [0, 0.05) is 37.0 Å². The van der Waals surface area contributed by atoms with E-state index in [1.807, 2.05) is 11.8 Å². The molecule has 1 aliphatic rings. The summed E-state index contributed by atoms with van der Waals surface area (Å²) in [6.45, 7) is 6.83. The largest absolute Gasteiger partial charge is 0.311 e. The summed E-state index contributed by atoms with van der Waals surface area (Å²) in [5.41, 5.74) is 1.44. The predicted molar refractivity (Wildman–Crippen MR) is 81.2 cm³/mol. The van der Waals surface area contributed by atoms with Crippen molar-refractivity contribution in [3.05, 3.63) is 35.9 Å². The van der Waals surface area contributed by atoms with Crippen molar-refractivity contribution in [1.82, 2.24) is 10.2 Å². The highest BCUT2D eigenvalue weighted by Crippen LogP contribution is 2.26. The molecule has 0 bridgehead atoms. The number of nitrogens with one attached hydrogen (secondary N) is 1. The molecular weight excluding hydrogens is 240 g/mol. The molecular formula is C15H24N2S. The van der Waals surface area contributed by atoms with E-state index in [9.17, 15) is 0 Å². The lowest BCUT2D eigenvalue weighted by Gasteiger charge is -2.43. The number of piperazine rings is 1. The van der Waals surface area contributed by atoms with Gasteiger partial charge < -0.3 is 5.32 Å². The number of nitrogens with zero attached hydrogens (tertiary/aromatic N) is 1. The van der Waals surface area contributed by atoms with Gasteiger partial charge in [-0.05, 0) is 25.7 Å². The summed E-state index contributed by atoms with van der Waals surface area (Å²) in [5.74, 6) is 1.20. The normalized spacial score (nSPS) is 27.1. The standard InChI is InChI=1S/C15H24N2S/c1-12-10-17(13(2)11-18-3)15(9-16-12)14-7-5-4-6-8-14/h4-8,12-13,15-16H,9-11H2,1-3H3. The Kier molecular flexibility index (Phi) is 5.10. The average molecular weight is 264 g/mol. The average Bonchev–Trinajstić information content (AvgIpc) is 2.40. The minimum Gasteiger partial charge on any atom is -0.311 e. The van der Waals surface area contributed by atoms with Gasteiger partial charge in [-0.2, -0.15) is 11.8 Å². The van der Waals surface area contributed by atoms with E-state index >= 15 is 0 Å². The molecule has 1 aromatic carbocycles. The molecule has 1 aliphatic heterocycles. The summed E-state index contributed by atoms with van der Waals surface area (Å²) in [6.07, 6.45) is 2.19. The minimum absolute atomic E-state index is 0.518. The molecule has 3 heteroatoms. The molecule has 100 valence electrons. The summed E-state index contributed by atoms with van der Waals surface area (Å²) < 4.78 is 0. The lowest BCUT2D eigenvalue weighted by molar-refractivity contribution is 0.103. The smallest absolute Gasteiger partial charge is 0.0476 e. The van der Waals surface area contributed by atoms with Crippen LogP contribution in [0.3, 0.4) is 0 Å². The van der Waals surface area contributed by atoms with Crippen molar-refractivity contribution in [2.45, 2.75) is 32.0 Å². The highest BCUT2D eigenvalue weighted by molar-refractivity contribution is 7.98. The molecule has 1 saturated heterocycles. The van der Waals surface area contributed by atoms with Gasteiger partial charge in [0.1, 0.15) is 0 Å². The highest BCUT2D eigenvalue weighted by Gasteiger charge is 2.29. The second kappa shape index (κ2) is 6.60. The molecule has 1 heterocycles. The molecule has 0 saturated carbocycles. The monoisotopic (exact) mass is 264 g/mol. The first-order chi connectivity index (χ1) is 8.72. The van der Waals surface area contributed by atoms with Gasteiger partial charge in [0.2, 0.25) is 0 Å². The van der Waals surface area contributed by atoms with Crippen molar-refractivity contribution in [3.63, 3.8) is 0 Å². The highest BCUT2D eigenvalue weighted by atomic mass is 32.2. The molecule has 0 radical (unpaired) electrons. The van der Waals surface area contributed by atoms with Crippen LogP contribution in [0.25, 0.3) is 0 Å². The Balaban J connectivity index is 2.15. The van der Waals surface area contributed by atoms with Crippen LogP contribution in [0.5, 0.6) is 0 Å². The van der Waals surface area contributed by atoms with Crippen LogP contribution in [0, 0.1) is 0 Å². The van der Waals surface area contributed by atoms with Crippen molar-refractivity contribution >= 4 is 11.8 Å². The van der Waals surface area contributed by atoms with Gasteiger partial charge in [0.15, 0.2) is 0 Å². The Morgan fingerprint density at radius 3 is 2.78 bits per heavy atom. The molecule has 2 rings (SSSR count). The van der Waals surface area contributed by atoms with Crippen LogP contribution in [0.1, 0.15) is 25.5 Å². The molecule has 0 aliphatic carbocycles. The summed E-state index contributed by atoms with van der Waals surface area (Å²) in [4.78, 5) is 2.66. The van der Waals surface area contributed by atoms with Crippen molar-refractivity contribution in [3.8, 4) is 0 Å². The fourth-order valence-electron chi connectivity index (χ4n) is 2.75. The molecule has 2 nitrogen and oxygen atoms in total. The van der Waals surface area contributed by atoms with Gasteiger partial charge in [0.05, 0.1) is 0 Å². The number of benzene rings is 1. The SMILES string of the molecule is CSCC(C)N1CC(C)NCC1c1ccccc1. The van der Waals surface area contributed by atoms with Gasteiger partial charge in [-0.1, -0.05) is 30.3 Å². The van der Waals surface area contributed by atoms with Crippen molar-refractivity contribution in [2.75, 3.05) is 25.1 Å². The molecule has 1 fully saturated rings. The van der Waals surface area contributed by atoms with Crippen molar-refractivity contribution in [2.24, 2.45) is 0 Å². The zero-order valence-electron chi connectivity index (χ0n) is 11.6. The summed E-state index contributed by atoms with van der Waals surface area (Å²) in [5, 5.41) is 3.61. The third-order valence-corrected chi connectivity index (χ3v) is 4.52. The maximum atomic E-state index is 3.61. The van der Waals surface area contributed by atoms with E-state index in [-0.39, 0.29) is 0 Å². The number of hydrogen-bond donors (Lipinski definition) is 1. The molecule has 1 aromatic rings. The van der Waals surface area contributed by atoms with Crippen LogP contribution in [0.2, 0.25) is 0 Å². The summed E-state index contributed by atoms with van der Waals surface area (Å²) in [6, 6.07) is 12.6. The van der Waals surface area contributed by atoms with E-state index in [1.54, 1.807) is 0 Å². The summed E-state index contributed by atoms with van der Waals surface area (Å²) >= 11 is 1.94. The van der Waals surface area contributed by atoms with Gasteiger partial charge in [-0.25, -0.2) is 0 Å². The van der Waals surface area contributed by atoms with Crippen LogP contribution in [0.4, 0.5) is 0 Å². The zero-order valence-corrected chi connectivity index (χ0v) is 12.4. The van der Waals surface area contributed by atoms with Gasteiger partial charge in [0.25, 0.3) is 0 Å². The van der Waals surface area contributed by atoms with E-state index in [0.29, 0.717) is 18.1 Å². The second-order valence-corrected chi connectivity index (χ2v) is 6.15. The Morgan fingerprint density at radius 2 is 2.11 bits per heavy atom. The van der Waals surface area contributed by atoms with Gasteiger partial charge >= 0.3 is 0 Å². The van der Waals surface area contributed by atoms with Crippen LogP contribution < -0.4 is 5.32 Å². The fourth-order valence-corrected chi connectivity index (χ4v) is 3.42. The van der Waals surface area contributed by atoms with Crippen LogP contribution in [-0.4, -0.2) is 42.1 Å². The van der Waals surface area contributed by atoms with Crippen LogP contribution in [0.15, 0.2) is 30.3 Å². The van der Waals surface area contributed by atoms with E-state index < -0.39 is 0 Å². The van der Waals surface area contributed by atoms with Crippen LogP contribution in [-0.2, 0) is 0 Å².